The Kier molecular flexibility index (Phi) is 4.16. The Labute approximate surface area is 117 Å². The van der Waals surface area contributed by atoms with E-state index in [9.17, 15) is 5.11 Å². The lowest BCUT2D eigenvalue weighted by atomic mass is 9.75. The number of piperidine rings is 1. The molecule has 0 radical (unpaired) electrons. The molecule has 2 saturated carbocycles. The first-order valence-electron chi connectivity index (χ1n) is 8.29. The van der Waals surface area contributed by atoms with Crippen molar-refractivity contribution in [2.45, 2.75) is 63.5 Å². The Morgan fingerprint density at radius 2 is 1.84 bits per heavy atom. The molecule has 2 N–H and O–H groups in total. The molecule has 3 unspecified atom stereocenters. The maximum absolute atomic E-state index is 9.74. The highest BCUT2D eigenvalue weighted by Gasteiger charge is 2.36. The van der Waals surface area contributed by atoms with Crippen LogP contribution in [-0.4, -0.2) is 47.8 Å². The van der Waals surface area contributed by atoms with Gasteiger partial charge in [-0.15, -0.1) is 0 Å². The van der Waals surface area contributed by atoms with E-state index in [0.717, 1.165) is 18.4 Å². The van der Waals surface area contributed by atoms with E-state index < -0.39 is 0 Å². The molecule has 0 aromatic carbocycles. The zero-order chi connectivity index (χ0) is 13.3. The van der Waals surface area contributed by atoms with Crippen molar-refractivity contribution in [2.24, 2.45) is 11.8 Å². The van der Waals surface area contributed by atoms with Crippen molar-refractivity contribution in [2.75, 3.05) is 26.2 Å². The SMILES string of the molecule is CC(CO)(CN1CCC2CCCCC2C1)NC1CC1. The topological polar surface area (TPSA) is 35.5 Å². The first kappa shape index (κ1) is 13.8. The van der Waals surface area contributed by atoms with E-state index in [4.69, 9.17) is 0 Å². The first-order valence-corrected chi connectivity index (χ1v) is 8.29. The highest BCUT2D eigenvalue weighted by atomic mass is 16.3. The highest BCUT2D eigenvalue weighted by Crippen LogP contribution is 2.36. The number of hydrogen-bond acceptors (Lipinski definition) is 3. The fourth-order valence-corrected chi connectivity index (χ4v) is 4.18. The van der Waals surface area contributed by atoms with Gasteiger partial charge in [-0.25, -0.2) is 0 Å². The molecule has 110 valence electrons. The van der Waals surface area contributed by atoms with Crippen molar-refractivity contribution >= 4 is 0 Å². The molecule has 3 aliphatic rings. The molecule has 3 nitrogen and oxygen atoms in total. The average molecular weight is 266 g/mol. The quantitative estimate of drug-likeness (QED) is 0.799. The molecular weight excluding hydrogens is 236 g/mol. The predicted molar refractivity (Wildman–Crippen MR) is 78.2 cm³/mol. The van der Waals surface area contributed by atoms with Gasteiger partial charge < -0.3 is 15.3 Å². The second-order valence-electron chi connectivity index (χ2n) is 7.47. The molecule has 1 heterocycles. The van der Waals surface area contributed by atoms with E-state index in [1.54, 1.807) is 0 Å². The van der Waals surface area contributed by atoms with Gasteiger partial charge in [0.15, 0.2) is 0 Å². The molecule has 3 fully saturated rings. The summed E-state index contributed by atoms with van der Waals surface area (Å²) in [5.41, 5.74) is -0.0946. The van der Waals surface area contributed by atoms with E-state index in [1.807, 2.05) is 0 Å². The maximum atomic E-state index is 9.74. The third-order valence-electron chi connectivity index (χ3n) is 5.43. The average Bonchev–Trinajstić information content (AvgIpc) is 3.22. The Hall–Kier alpha value is -0.120. The third kappa shape index (κ3) is 3.50. The summed E-state index contributed by atoms with van der Waals surface area (Å²) in [7, 11) is 0. The summed E-state index contributed by atoms with van der Waals surface area (Å²) < 4.78 is 0. The summed E-state index contributed by atoms with van der Waals surface area (Å²) >= 11 is 0. The minimum absolute atomic E-state index is 0.0946. The van der Waals surface area contributed by atoms with Gasteiger partial charge in [0, 0.05) is 19.1 Å². The van der Waals surface area contributed by atoms with Crippen molar-refractivity contribution in [3.63, 3.8) is 0 Å². The van der Waals surface area contributed by atoms with Gasteiger partial charge in [-0.05, 0) is 51.0 Å². The lowest BCUT2D eigenvalue weighted by Gasteiger charge is -2.44. The van der Waals surface area contributed by atoms with Crippen LogP contribution in [0.5, 0.6) is 0 Å². The molecule has 1 saturated heterocycles. The largest absolute Gasteiger partial charge is 0.394 e. The molecule has 0 aromatic rings. The summed E-state index contributed by atoms with van der Waals surface area (Å²) in [5, 5.41) is 13.4. The maximum Gasteiger partial charge on any atom is 0.0623 e. The summed E-state index contributed by atoms with van der Waals surface area (Å²) in [6.45, 7) is 5.98. The molecule has 3 atom stereocenters. The van der Waals surface area contributed by atoms with E-state index in [1.165, 1.54) is 58.0 Å². The molecule has 3 rings (SSSR count). The Morgan fingerprint density at radius 1 is 1.11 bits per heavy atom. The molecular formula is C16H30N2O. The second-order valence-corrected chi connectivity index (χ2v) is 7.47. The number of fused-ring (bicyclic) bond motifs is 1. The smallest absolute Gasteiger partial charge is 0.0623 e. The molecule has 1 aliphatic heterocycles. The van der Waals surface area contributed by atoms with Crippen LogP contribution in [0.15, 0.2) is 0 Å². The van der Waals surface area contributed by atoms with Gasteiger partial charge in [-0.2, -0.15) is 0 Å². The predicted octanol–water partition coefficient (Wildman–Crippen LogP) is 2.00. The van der Waals surface area contributed by atoms with Crippen LogP contribution in [0.1, 0.15) is 51.9 Å². The van der Waals surface area contributed by atoms with Crippen molar-refractivity contribution in [3.8, 4) is 0 Å². The van der Waals surface area contributed by atoms with Crippen LogP contribution < -0.4 is 5.32 Å². The van der Waals surface area contributed by atoms with Gasteiger partial charge in [0.05, 0.1) is 12.1 Å². The summed E-state index contributed by atoms with van der Waals surface area (Å²) in [6, 6.07) is 0.671. The fourth-order valence-electron chi connectivity index (χ4n) is 4.18. The number of aliphatic hydroxyl groups is 1. The minimum Gasteiger partial charge on any atom is -0.394 e. The van der Waals surface area contributed by atoms with Gasteiger partial charge in [-0.3, -0.25) is 0 Å². The summed E-state index contributed by atoms with van der Waals surface area (Å²) in [5.74, 6) is 1.94. The Morgan fingerprint density at radius 3 is 2.53 bits per heavy atom. The summed E-state index contributed by atoms with van der Waals surface area (Å²) in [6.07, 6.45) is 9.77. The zero-order valence-corrected chi connectivity index (χ0v) is 12.4. The van der Waals surface area contributed by atoms with Crippen LogP contribution in [0.2, 0.25) is 0 Å². The highest BCUT2D eigenvalue weighted by molar-refractivity contribution is 4.95. The normalized spacial score (nSPS) is 35.7. The Balaban J connectivity index is 1.53. The molecule has 0 spiro atoms. The molecule has 0 aromatic heterocycles. The van der Waals surface area contributed by atoms with Crippen LogP contribution in [-0.2, 0) is 0 Å². The molecule has 3 heteroatoms. The van der Waals surface area contributed by atoms with Gasteiger partial charge in [-0.1, -0.05) is 19.3 Å². The number of likely N-dealkylation sites (tertiary alicyclic amines) is 1. The van der Waals surface area contributed by atoms with Crippen LogP contribution in [0.3, 0.4) is 0 Å². The van der Waals surface area contributed by atoms with Crippen molar-refractivity contribution in [1.82, 2.24) is 10.2 Å². The number of rotatable bonds is 5. The van der Waals surface area contributed by atoms with Gasteiger partial charge in [0.2, 0.25) is 0 Å². The molecule has 19 heavy (non-hydrogen) atoms. The second kappa shape index (κ2) is 5.71. The van der Waals surface area contributed by atoms with Crippen molar-refractivity contribution in [1.29, 1.82) is 0 Å². The summed E-state index contributed by atoms with van der Waals surface area (Å²) in [4.78, 5) is 2.61. The molecule has 0 amide bonds. The standard InChI is InChI=1S/C16H30N2O/c1-16(12-19,17-15-6-7-15)11-18-9-8-13-4-2-3-5-14(13)10-18/h13-15,17,19H,2-12H2,1H3. The molecule has 2 aliphatic carbocycles. The van der Waals surface area contributed by atoms with E-state index in [2.05, 4.69) is 17.1 Å². The number of nitrogens with zero attached hydrogens (tertiary/aromatic N) is 1. The van der Waals surface area contributed by atoms with Gasteiger partial charge >= 0.3 is 0 Å². The van der Waals surface area contributed by atoms with Crippen molar-refractivity contribution in [3.05, 3.63) is 0 Å². The van der Waals surface area contributed by atoms with Crippen LogP contribution >= 0.6 is 0 Å². The van der Waals surface area contributed by atoms with E-state index >= 15 is 0 Å². The Bertz CT molecular complexity index is 305. The van der Waals surface area contributed by atoms with Crippen LogP contribution in [0.25, 0.3) is 0 Å². The van der Waals surface area contributed by atoms with Crippen LogP contribution in [0.4, 0.5) is 0 Å². The van der Waals surface area contributed by atoms with Gasteiger partial charge in [0.1, 0.15) is 0 Å². The van der Waals surface area contributed by atoms with Crippen molar-refractivity contribution < 1.29 is 5.11 Å². The third-order valence-corrected chi connectivity index (χ3v) is 5.43. The van der Waals surface area contributed by atoms with E-state index in [0.29, 0.717) is 6.04 Å². The van der Waals surface area contributed by atoms with Gasteiger partial charge in [0.25, 0.3) is 0 Å². The monoisotopic (exact) mass is 266 g/mol. The van der Waals surface area contributed by atoms with Crippen LogP contribution in [0, 0.1) is 11.8 Å². The lowest BCUT2D eigenvalue weighted by molar-refractivity contribution is 0.0502. The lowest BCUT2D eigenvalue weighted by Crippen LogP contribution is -2.57. The number of nitrogens with one attached hydrogen (secondary N) is 1. The number of aliphatic hydroxyl groups excluding tert-OH is 1. The molecule has 0 bridgehead atoms. The first-order chi connectivity index (χ1) is 9.18. The zero-order valence-electron chi connectivity index (χ0n) is 12.4. The van der Waals surface area contributed by atoms with E-state index in [-0.39, 0.29) is 12.1 Å². The minimum atomic E-state index is -0.0946. The fraction of sp³-hybridized carbons (Fsp3) is 1.00. The number of hydrogen-bond donors (Lipinski definition) is 2.